The first-order chi connectivity index (χ1) is 7.89. The summed E-state index contributed by atoms with van der Waals surface area (Å²) in [5, 5.41) is 11.0. The number of hydroxylamine groups is 2. The average Bonchev–Trinajstić information content (AvgIpc) is 2.55. The summed E-state index contributed by atoms with van der Waals surface area (Å²) in [5.74, 6) is 0.0175. The van der Waals surface area contributed by atoms with Gasteiger partial charge in [0.15, 0.2) is 5.78 Å². The fourth-order valence-electron chi connectivity index (χ4n) is 1.80. The zero-order chi connectivity index (χ0) is 12.6. The SMILES string of the molecule is CC(C)(C)N(O)/C=C1/Cc2ccccc2C1=O. The van der Waals surface area contributed by atoms with Gasteiger partial charge in [-0.25, -0.2) is 0 Å². The molecule has 3 nitrogen and oxygen atoms in total. The van der Waals surface area contributed by atoms with Crippen molar-refractivity contribution < 1.29 is 10.0 Å². The van der Waals surface area contributed by atoms with E-state index in [1.54, 1.807) is 6.20 Å². The van der Waals surface area contributed by atoms with E-state index in [-0.39, 0.29) is 5.78 Å². The number of allylic oxidation sites excluding steroid dienone is 1. The molecule has 0 heterocycles. The molecule has 1 N–H and O–H groups in total. The number of ketones is 1. The fraction of sp³-hybridized carbons (Fsp3) is 0.357. The summed E-state index contributed by atoms with van der Waals surface area (Å²) < 4.78 is 0. The second-order valence-corrected chi connectivity index (χ2v) is 5.33. The molecule has 1 aliphatic rings. The first-order valence-corrected chi connectivity index (χ1v) is 5.71. The molecule has 90 valence electrons. The normalized spacial score (nSPS) is 17.4. The van der Waals surface area contributed by atoms with Gasteiger partial charge in [-0.15, -0.1) is 0 Å². The molecule has 0 fully saturated rings. The van der Waals surface area contributed by atoms with Gasteiger partial charge in [0.1, 0.15) is 0 Å². The highest BCUT2D eigenvalue weighted by atomic mass is 16.5. The van der Waals surface area contributed by atoms with Crippen LogP contribution in [0.15, 0.2) is 36.0 Å². The van der Waals surface area contributed by atoms with Crippen LogP contribution in [0.4, 0.5) is 0 Å². The molecular weight excluding hydrogens is 214 g/mol. The van der Waals surface area contributed by atoms with Gasteiger partial charge in [-0.1, -0.05) is 24.3 Å². The van der Waals surface area contributed by atoms with Gasteiger partial charge in [0, 0.05) is 23.8 Å². The van der Waals surface area contributed by atoms with Crippen molar-refractivity contribution in [3.63, 3.8) is 0 Å². The minimum atomic E-state index is -0.401. The number of rotatable bonds is 1. The van der Waals surface area contributed by atoms with Crippen molar-refractivity contribution in [3.05, 3.63) is 47.2 Å². The zero-order valence-electron chi connectivity index (χ0n) is 10.4. The molecule has 0 saturated carbocycles. The molecule has 0 aliphatic heterocycles. The van der Waals surface area contributed by atoms with Gasteiger partial charge in [-0.05, 0) is 26.3 Å². The van der Waals surface area contributed by atoms with E-state index in [9.17, 15) is 10.0 Å². The molecule has 1 aromatic rings. The van der Waals surface area contributed by atoms with Gasteiger partial charge in [0.25, 0.3) is 0 Å². The van der Waals surface area contributed by atoms with Crippen LogP contribution in [-0.2, 0) is 6.42 Å². The number of benzene rings is 1. The van der Waals surface area contributed by atoms with Crippen molar-refractivity contribution >= 4 is 5.78 Å². The number of nitrogens with zero attached hydrogens (tertiary/aromatic N) is 1. The Hall–Kier alpha value is -1.61. The monoisotopic (exact) mass is 231 g/mol. The third-order valence-corrected chi connectivity index (χ3v) is 2.90. The predicted octanol–water partition coefficient (Wildman–Crippen LogP) is 2.80. The molecular formula is C14H17NO2. The topological polar surface area (TPSA) is 40.5 Å². The van der Waals surface area contributed by atoms with E-state index in [2.05, 4.69) is 0 Å². The number of hydrogen-bond donors (Lipinski definition) is 1. The molecule has 0 atom stereocenters. The lowest BCUT2D eigenvalue weighted by Gasteiger charge is -2.28. The van der Waals surface area contributed by atoms with Crippen molar-refractivity contribution in [2.45, 2.75) is 32.7 Å². The van der Waals surface area contributed by atoms with Crippen LogP contribution in [-0.4, -0.2) is 21.6 Å². The summed E-state index contributed by atoms with van der Waals surface area (Å²) in [4.78, 5) is 12.1. The van der Waals surface area contributed by atoms with E-state index in [0.717, 1.165) is 16.2 Å². The number of carbonyl (C=O) groups is 1. The van der Waals surface area contributed by atoms with E-state index in [1.165, 1.54) is 0 Å². The van der Waals surface area contributed by atoms with Gasteiger partial charge in [-0.2, -0.15) is 0 Å². The van der Waals surface area contributed by atoms with Crippen molar-refractivity contribution in [3.8, 4) is 0 Å². The van der Waals surface area contributed by atoms with E-state index >= 15 is 0 Å². The minimum absolute atomic E-state index is 0.0175. The maximum absolute atomic E-state index is 12.1. The van der Waals surface area contributed by atoms with E-state index in [1.807, 2.05) is 45.0 Å². The number of fused-ring (bicyclic) bond motifs is 1. The van der Waals surface area contributed by atoms with E-state index in [4.69, 9.17) is 0 Å². The largest absolute Gasteiger partial charge is 0.289 e. The Balaban J connectivity index is 2.29. The molecule has 1 aromatic carbocycles. The van der Waals surface area contributed by atoms with Crippen LogP contribution in [0.1, 0.15) is 36.7 Å². The van der Waals surface area contributed by atoms with Crippen LogP contribution in [0.3, 0.4) is 0 Å². The summed E-state index contributed by atoms with van der Waals surface area (Å²) in [6.45, 7) is 5.66. The Morgan fingerprint density at radius 1 is 1.29 bits per heavy atom. The molecule has 0 bridgehead atoms. The molecule has 0 unspecified atom stereocenters. The number of carbonyl (C=O) groups excluding carboxylic acids is 1. The van der Waals surface area contributed by atoms with Crippen LogP contribution in [0.25, 0.3) is 0 Å². The van der Waals surface area contributed by atoms with Gasteiger partial charge in [0.05, 0.1) is 5.54 Å². The van der Waals surface area contributed by atoms with Gasteiger partial charge < -0.3 is 0 Å². The lowest BCUT2D eigenvalue weighted by atomic mass is 10.1. The van der Waals surface area contributed by atoms with Crippen molar-refractivity contribution in [2.75, 3.05) is 0 Å². The maximum Gasteiger partial charge on any atom is 0.191 e. The molecule has 3 heteroatoms. The molecule has 0 amide bonds. The van der Waals surface area contributed by atoms with Crippen LogP contribution in [0, 0.1) is 0 Å². The van der Waals surface area contributed by atoms with Crippen molar-refractivity contribution in [1.29, 1.82) is 0 Å². The Bertz CT molecular complexity index is 483. The summed E-state index contributed by atoms with van der Waals surface area (Å²) in [6.07, 6.45) is 2.14. The minimum Gasteiger partial charge on any atom is -0.289 e. The van der Waals surface area contributed by atoms with E-state index in [0.29, 0.717) is 12.0 Å². The Morgan fingerprint density at radius 2 is 1.94 bits per heavy atom. The molecule has 0 aromatic heterocycles. The first kappa shape index (κ1) is 11.9. The van der Waals surface area contributed by atoms with Crippen LogP contribution >= 0.6 is 0 Å². The van der Waals surface area contributed by atoms with Crippen LogP contribution in [0.2, 0.25) is 0 Å². The molecule has 1 aliphatic carbocycles. The first-order valence-electron chi connectivity index (χ1n) is 5.71. The van der Waals surface area contributed by atoms with Crippen LogP contribution < -0.4 is 0 Å². The summed E-state index contributed by atoms with van der Waals surface area (Å²) in [5.41, 5.74) is 2.03. The Kier molecular flexibility index (Phi) is 2.79. The zero-order valence-corrected chi connectivity index (χ0v) is 10.4. The molecule has 0 spiro atoms. The van der Waals surface area contributed by atoms with Crippen molar-refractivity contribution in [2.24, 2.45) is 0 Å². The molecule has 0 saturated heterocycles. The number of Topliss-reactive ketones (excluding diaryl/α,β-unsaturated/α-hetero) is 1. The van der Waals surface area contributed by atoms with Crippen LogP contribution in [0.5, 0.6) is 0 Å². The number of hydrogen-bond acceptors (Lipinski definition) is 3. The lowest BCUT2D eigenvalue weighted by molar-refractivity contribution is -0.110. The smallest absolute Gasteiger partial charge is 0.191 e. The maximum atomic E-state index is 12.1. The van der Waals surface area contributed by atoms with Crippen molar-refractivity contribution in [1.82, 2.24) is 5.06 Å². The Labute approximate surface area is 101 Å². The molecule has 2 rings (SSSR count). The fourth-order valence-corrected chi connectivity index (χ4v) is 1.80. The molecule has 17 heavy (non-hydrogen) atoms. The Morgan fingerprint density at radius 3 is 2.53 bits per heavy atom. The lowest BCUT2D eigenvalue weighted by Crippen LogP contribution is -2.34. The highest BCUT2D eigenvalue weighted by Crippen LogP contribution is 2.27. The average molecular weight is 231 g/mol. The summed E-state index contributed by atoms with van der Waals surface area (Å²) in [7, 11) is 0. The second-order valence-electron chi connectivity index (χ2n) is 5.33. The van der Waals surface area contributed by atoms with Gasteiger partial charge in [0.2, 0.25) is 0 Å². The molecule has 0 radical (unpaired) electrons. The standard InChI is InChI=1S/C14H17NO2/c1-14(2,3)15(17)9-11-8-10-6-4-5-7-12(10)13(11)16/h4-7,9,17H,8H2,1-3H3/b11-9-. The van der Waals surface area contributed by atoms with Gasteiger partial charge in [-0.3, -0.25) is 15.1 Å². The third kappa shape index (κ3) is 2.24. The van der Waals surface area contributed by atoms with E-state index < -0.39 is 5.54 Å². The highest BCUT2D eigenvalue weighted by Gasteiger charge is 2.26. The summed E-state index contributed by atoms with van der Waals surface area (Å²) >= 11 is 0. The predicted molar refractivity (Wildman–Crippen MR) is 65.9 cm³/mol. The third-order valence-electron chi connectivity index (χ3n) is 2.90. The highest BCUT2D eigenvalue weighted by molar-refractivity contribution is 6.13. The summed E-state index contributed by atoms with van der Waals surface area (Å²) in [6, 6.07) is 7.57. The quantitative estimate of drug-likeness (QED) is 0.597. The second kappa shape index (κ2) is 4.00. The van der Waals surface area contributed by atoms with Gasteiger partial charge >= 0.3 is 0 Å².